The van der Waals surface area contributed by atoms with Crippen molar-refractivity contribution in [1.29, 1.82) is 0 Å². The molecule has 0 spiro atoms. The fraction of sp³-hybridized carbons (Fsp3) is 0.368. The highest BCUT2D eigenvalue weighted by molar-refractivity contribution is 7.13. The van der Waals surface area contributed by atoms with Crippen LogP contribution in [0.2, 0.25) is 0 Å². The molecule has 3 aromatic heterocycles. The van der Waals surface area contributed by atoms with Crippen molar-refractivity contribution in [2.75, 3.05) is 6.54 Å². The second-order valence-corrected chi connectivity index (χ2v) is 7.47. The molecule has 0 bridgehead atoms. The third kappa shape index (κ3) is 3.57. The Morgan fingerprint density at radius 2 is 2.15 bits per heavy atom. The van der Waals surface area contributed by atoms with Gasteiger partial charge in [0.1, 0.15) is 6.54 Å². The summed E-state index contributed by atoms with van der Waals surface area (Å²) in [7, 11) is 1.79. The number of rotatable bonds is 6. The van der Waals surface area contributed by atoms with Crippen molar-refractivity contribution in [2.45, 2.75) is 33.2 Å². The number of aromatic nitrogens is 3. The van der Waals surface area contributed by atoms with Crippen LogP contribution in [0.4, 0.5) is 0 Å². The number of nitrogens with zero attached hydrogens (tertiary/aromatic N) is 4. The monoisotopic (exact) mass is 386 g/mol. The lowest BCUT2D eigenvalue weighted by molar-refractivity contribution is -0.138. The molecule has 0 saturated carbocycles. The number of aryl methyl sites for hydroxylation is 2. The summed E-state index contributed by atoms with van der Waals surface area (Å²) in [6.45, 7) is 5.28. The molecule has 0 aliphatic carbocycles. The summed E-state index contributed by atoms with van der Waals surface area (Å²) in [6, 6.07) is 5.43. The standard InChI is InChI=1S/C19H22N4O3S/c1-5-11(2)23(10-16(24)25)19(26)13-9-14(15-7-6-8-27-15)20-18-17(13)12(3)21-22(18)4/h6-9,11H,5,10H2,1-4H3,(H,24,25). The number of aliphatic carboxylic acids is 1. The Morgan fingerprint density at radius 3 is 2.74 bits per heavy atom. The molecule has 0 fully saturated rings. The summed E-state index contributed by atoms with van der Waals surface area (Å²) in [5.74, 6) is -1.34. The van der Waals surface area contributed by atoms with E-state index in [4.69, 9.17) is 4.98 Å². The minimum absolute atomic E-state index is 0.195. The minimum Gasteiger partial charge on any atom is -0.480 e. The van der Waals surface area contributed by atoms with Crippen LogP contribution in [-0.4, -0.2) is 49.2 Å². The molecule has 142 valence electrons. The maximum Gasteiger partial charge on any atom is 0.323 e. The highest BCUT2D eigenvalue weighted by Gasteiger charge is 2.27. The first-order valence-corrected chi connectivity index (χ1v) is 9.62. The number of carboxylic acids is 1. The average molecular weight is 386 g/mol. The van der Waals surface area contributed by atoms with E-state index in [1.54, 1.807) is 17.8 Å². The van der Waals surface area contributed by atoms with E-state index in [1.165, 1.54) is 16.2 Å². The molecule has 1 amide bonds. The van der Waals surface area contributed by atoms with Gasteiger partial charge >= 0.3 is 5.97 Å². The Balaban J connectivity index is 2.21. The Labute approximate surface area is 161 Å². The van der Waals surface area contributed by atoms with Crippen LogP contribution >= 0.6 is 11.3 Å². The van der Waals surface area contributed by atoms with E-state index in [1.807, 2.05) is 38.3 Å². The van der Waals surface area contributed by atoms with Gasteiger partial charge in [0.25, 0.3) is 5.91 Å². The van der Waals surface area contributed by atoms with Crippen LogP contribution < -0.4 is 0 Å². The highest BCUT2D eigenvalue weighted by atomic mass is 32.1. The number of carboxylic acid groups (broad SMARTS) is 1. The summed E-state index contributed by atoms with van der Waals surface area (Å²) in [5.41, 5.74) is 2.43. The molecule has 1 unspecified atom stereocenters. The van der Waals surface area contributed by atoms with E-state index in [2.05, 4.69) is 5.10 Å². The number of thiophene rings is 1. The minimum atomic E-state index is -1.03. The smallest absolute Gasteiger partial charge is 0.323 e. The number of pyridine rings is 1. The molecule has 7 nitrogen and oxygen atoms in total. The zero-order valence-corrected chi connectivity index (χ0v) is 16.6. The van der Waals surface area contributed by atoms with Crippen molar-refractivity contribution < 1.29 is 14.7 Å². The molecule has 8 heteroatoms. The summed E-state index contributed by atoms with van der Waals surface area (Å²) in [6.07, 6.45) is 0.664. The molecular formula is C19H22N4O3S. The van der Waals surface area contributed by atoms with Crippen LogP contribution in [0, 0.1) is 6.92 Å². The van der Waals surface area contributed by atoms with E-state index in [9.17, 15) is 14.7 Å². The van der Waals surface area contributed by atoms with E-state index in [0.717, 1.165) is 4.88 Å². The lowest BCUT2D eigenvalue weighted by Gasteiger charge is -2.27. The molecule has 0 radical (unpaired) electrons. The summed E-state index contributed by atoms with van der Waals surface area (Å²) >= 11 is 1.54. The number of amides is 1. The molecule has 0 aliphatic heterocycles. The van der Waals surface area contributed by atoms with E-state index in [-0.39, 0.29) is 18.5 Å². The maximum absolute atomic E-state index is 13.4. The molecule has 1 atom stereocenters. The van der Waals surface area contributed by atoms with Gasteiger partial charge in [-0.3, -0.25) is 14.3 Å². The van der Waals surface area contributed by atoms with E-state index >= 15 is 0 Å². The Kier molecular flexibility index (Phi) is 5.27. The normalized spacial score (nSPS) is 12.3. The van der Waals surface area contributed by atoms with Crippen molar-refractivity contribution in [2.24, 2.45) is 7.05 Å². The van der Waals surface area contributed by atoms with Gasteiger partial charge in [-0.2, -0.15) is 5.10 Å². The Bertz CT molecular complexity index is 994. The molecular weight excluding hydrogens is 364 g/mol. The third-order valence-corrected chi connectivity index (χ3v) is 5.55. The van der Waals surface area contributed by atoms with Crippen LogP contribution in [0.5, 0.6) is 0 Å². The predicted octanol–water partition coefficient (Wildman–Crippen LogP) is 3.33. The molecule has 0 aromatic carbocycles. The lowest BCUT2D eigenvalue weighted by atomic mass is 10.1. The average Bonchev–Trinajstić information content (AvgIpc) is 3.26. The number of fused-ring (bicyclic) bond motifs is 1. The summed E-state index contributed by atoms with van der Waals surface area (Å²) in [4.78, 5) is 31.7. The second kappa shape index (κ2) is 7.48. The molecule has 0 saturated heterocycles. The van der Waals surface area contributed by atoms with Crippen LogP contribution in [0.3, 0.4) is 0 Å². The molecule has 0 aliphatic rings. The Hall–Kier alpha value is -2.74. The van der Waals surface area contributed by atoms with Crippen LogP contribution in [0.15, 0.2) is 23.6 Å². The zero-order valence-electron chi connectivity index (χ0n) is 15.8. The molecule has 3 heterocycles. The first-order chi connectivity index (χ1) is 12.8. The van der Waals surface area contributed by atoms with Crippen molar-refractivity contribution in [3.8, 4) is 10.6 Å². The van der Waals surface area contributed by atoms with Gasteiger partial charge in [-0.05, 0) is 37.8 Å². The van der Waals surface area contributed by atoms with Crippen molar-refractivity contribution in [3.05, 3.63) is 34.8 Å². The SMILES string of the molecule is CCC(C)N(CC(=O)O)C(=O)c1cc(-c2cccs2)nc2c1c(C)nn2C. The van der Waals surface area contributed by atoms with Crippen LogP contribution in [0.1, 0.15) is 36.3 Å². The van der Waals surface area contributed by atoms with Crippen LogP contribution in [0.25, 0.3) is 21.6 Å². The third-order valence-electron chi connectivity index (χ3n) is 4.66. The molecule has 1 N–H and O–H groups in total. The first-order valence-electron chi connectivity index (χ1n) is 8.74. The maximum atomic E-state index is 13.4. The number of carbonyl (C=O) groups is 2. The Morgan fingerprint density at radius 1 is 1.41 bits per heavy atom. The lowest BCUT2D eigenvalue weighted by Crippen LogP contribution is -2.42. The van der Waals surface area contributed by atoms with Gasteiger partial charge in [0, 0.05) is 13.1 Å². The van der Waals surface area contributed by atoms with Crippen molar-refractivity contribution >= 4 is 34.2 Å². The van der Waals surface area contributed by atoms with Gasteiger partial charge in [0.2, 0.25) is 0 Å². The summed E-state index contributed by atoms with van der Waals surface area (Å²) < 4.78 is 1.66. The summed E-state index contributed by atoms with van der Waals surface area (Å²) in [5, 5.41) is 16.3. The first kappa shape index (κ1) is 19.0. The molecule has 3 aromatic rings. The fourth-order valence-corrected chi connectivity index (χ4v) is 3.80. The zero-order chi connectivity index (χ0) is 19.7. The van der Waals surface area contributed by atoms with Gasteiger partial charge in [-0.1, -0.05) is 13.0 Å². The highest BCUT2D eigenvalue weighted by Crippen LogP contribution is 2.30. The van der Waals surface area contributed by atoms with E-state index < -0.39 is 5.97 Å². The van der Waals surface area contributed by atoms with Gasteiger partial charge < -0.3 is 10.0 Å². The molecule has 3 rings (SSSR count). The van der Waals surface area contributed by atoms with Crippen molar-refractivity contribution in [1.82, 2.24) is 19.7 Å². The number of carbonyl (C=O) groups excluding carboxylic acids is 1. The van der Waals surface area contributed by atoms with Crippen LogP contribution in [-0.2, 0) is 11.8 Å². The number of hydrogen-bond donors (Lipinski definition) is 1. The largest absolute Gasteiger partial charge is 0.480 e. The number of hydrogen-bond acceptors (Lipinski definition) is 5. The fourth-order valence-electron chi connectivity index (χ4n) is 3.11. The quantitative estimate of drug-likeness (QED) is 0.702. The van der Waals surface area contributed by atoms with Gasteiger partial charge in [0.05, 0.1) is 27.2 Å². The van der Waals surface area contributed by atoms with Gasteiger partial charge in [0.15, 0.2) is 5.65 Å². The molecule has 27 heavy (non-hydrogen) atoms. The van der Waals surface area contributed by atoms with Gasteiger partial charge in [-0.15, -0.1) is 11.3 Å². The van der Waals surface area contributed by atoms with E-state index in [0.29, 0.717) is 34.4 Å². The van der Waals surface area contributed by atoms with Crippen molar-refractivity contribution in [3.63, 3.8) is 0 Å². The second-order valence-electron chi connectivity index (χ2n) is 6.52. The van der Waals surface area contributed by atoms with Gasteiger partial charge in [-0.25, -0.2) is 4.98 Å². The predicted molar refractivity (Wildman–Crippen MR) is 105 cm³/mol. The topological polar surface area (TPSA) is 88.3 Å².